The molecule has 0 aromatic heterocycles. The van der Waals surface area contributed by atoms with Gasteiger partial charge in [0.2, 0.25) is 0 Å². The third-order valence-electron chi connectivity index (χ3n) is 6.76. The van der Waals surface area contributed by atoms with Gasteiger partial charge in [-0.3, -0.25) is 4.79 Å². The monoisotopic (exact) mass is 370 g/mol. The van der Waals surface area contributed by atoms with E-state index in [1.54, 1.807) is 0 Å². The van der Waals surface area contributed by atoms with Crippen molar-refractivity contribution >= 4 is 5.97 Å². The first-order chi connectivity index (χ1) is 12.7. The summed E-state index contributed by atoms with van der Waals surface area (Å²) >= 11 is 0. The number of benzene rings is 1. The molecule has 3 heteroatoms. The molecular weight excluding hydrogens is 336 g/mol. The molecule has 0 saturated heterocycles. The Morgan fingerprint density at radius 3 is 2.41 bits per heavy atom. The topological polar surface area (TPSA) is 35.5 Å². The number of esters is 1. The zero-order valence-electron chi connectivity index (χ0n) is 17.7. The van der Waals surface area contributed by atoms with E-state index in [0.717, 1.165) is 24.8 Å². The van der Waals surface area contributed by atoms with Crippen LogP contribution in [0.4, 0.5) is 0 Å². The second-order valence-corrected chi connectivity index (χ2v) is 9.41. The molecule has 0 heterocycles. The van der Waals surface area contributed by atoms with E-state index >= 15 is 0 Å². The van der Waals surface area contributed by atoms with Gasteiger partial charge in [0, 0.05) is 0 Å². The van der Waals surface area contributed by atoms with Gasteiger partial charge < -0.3 is 9.47 Å². The van der Waals surface area contributed by atoms with Crippen molar-refractivity contribution in [1.29, 1.82) is 0 Å². The predicted octanol–water partition coefficient (Wildman–Crippen LogP) is 5.69. The van der Waals surface area contributed by atoms with Crippen LogP contribution in [-0.2, 0) is 20.9 Å². The summed E-state index contributed by atoms with van der Waals surface area (Å²) < 4.78 is 12.3. The van der Waals surface area contributed by atoms with Crippen LogP contribution in [-0.4, -0.2) is 18.7 Å². The number of rotatable bonds is 5. The summed E-state index contributed by atoms with van der Waals surface area (Å²) in [7, 11) is 0. The zero-order chi connectivity index (χ0) is 19.9. The van der Waals surface area contributed by atoms with Crippen molar-refractivity contribution in [2.24, 2.45) is 16.2 Å². The molecular formula is C24H34O3. The molecule has 0 N–H and O–H groups in total. The van der Waals surface area contributed by atoms with Crippen molar-refractivity contribution in [3.63, 3.8) is 0 Å². The SMILES string of the molecule is CCOC(=O)[C@]12C(=C(C)C)CC[C@@]1(C)CC(C)(C)[C@@H]2OCc1ccccc1. The molecule has 0 amide bonds. The van der Waals surface area contributed by atoms with Crippen molar-refractivity contribution in [2.45, 2.75) is 73.5 Å². The van der Waals surface area contributed by atoms with Crippen molar-refractivity contribution < 1.29 is 14.3 Å². The average molecular weight is 371 g/mol. The van der Waals surface area contributed by atoms with E-state index in [1.807, 2.05) is 25.1 Å². The maximum Gasteiger partial charge on any atom is 0.319 e. The second-order valence-electron chi connectivity index (χ2n) is 9.41. The Hall–Kier alpha value is -1.61. The predicted molar refractivity (Wildman–Crippen MR) is 108 cm³/mol. The Morgan fingerprint density at radius 2 is 1.81 bits per heavy atom. The first-order valence-corrected chi connectivity index (χ1v) is 10.2. The number of carbonyl (C=O) groups excluding carboxylic acids is 1. The molecule has 2 aliphatic carbocycles. The number of hydrogen-bond acceptors (Lipinski definition) is 3. The van der Waals surface area contributed by atoms with Crippen molar-refractivity contribution in [3.05, 3.63) is 47.0 Å². The fourth-order valence-corrected chi connectivity index (χ4v) is 6.02. The molecule has 3 atom stereocenters. The molecule has 0 radical (unpaired) electrons. The van der Waals surface area contributed by atoms with Gasteiger partial charge in [-0.15, -0.1) is 0 Å². The van der Waals surface area contributed by atoms with Crippen molar-refractivity contribution in [3.8, 4) is 0 Å². The molecule has 1 aromatic carbocycles. The van der Waals surface area contributed by atoms with Crippen molar-refractivity contribution in [1.82, 2.24) is 0 Å². The third-order valence-corrected chi connectivity index (χ3v) is 6.76. The number of allylic oxidation sites excluding steroid dienone is 1. The summed E-state index contributed by atoms with van der Waals surface area (Å²) in [5.41, 5.74) is 2.70. The highest BCUT2D eigenvalue weighted by atomic mass is 16.5. The summed E-state index contributed by atoms with van der Waals surface area (Å²) in [6.45, 7) is 13.8. The highest BCUT2D eigenvalue weighted by molar-refractivity contribution is 5.85. The average Bonchev–Trinajstić information content (AvgIpc) is 2.97. The van der Waals surface area contributed by atoms with Gasteiger partial charge in [-0.05, 0) is 56.4 Å². The summed E-state index contributed by atoms with van der Waals surface area (Å²) in [5.74, 6) is -0.0927. The molecule has 0 bridgehead atoms. The molecule has 2 fully saturated rings. The van der Waals surface area contributed by atoms with Crippen LogP contribution in [0.3, 0.4) is 0 Å². The fourth-order valence-electron chi connectivity index (χ4n) is 6.02. The fraction of sp³-hybridized carbons (Fsp3) is 0.625. The van der Waals surface area contributed by atoms with Gasteiger partial charge in [-0.1, -0.05) is 62.2 Å². The first-order valence-electron chi connectivity index (χ1n) is 10.2. The number of carbonyl (C=O) groups is 1. The van der Waals surface area contributed by atoms with Crippen LogP contribution in [0.5, 0.6) is 0 Å². The quantitative estimate of drug-likeness (QED) is 0.493. The van der Waals surface area contributed by atoms with Gasteiger partial charge in [0.1, 0.15) is 5.41 Å². The molecule has 3 rings (SSSR count). The Balaban J connectivity index is 2.09. The first kappa shape index (κ1) is 20.1. The summed E-state index contributed by atoms with van der Waals surface area (Å²) in [6.07, 6.45) is 2.75. The lowest BCUT2D eigenvalue weighted by Crippen LogP contribution is -2.51. The lowest BCUT2D eigenvalue weighted by molar-refractivity contribution is -0.170. The van der Waals surface area contributed by atoms with Gasteiger partial charge in [0.05, 0.1) is 19.3 Å². The van der Waals surface area contributed by atoms with Crippen LogP contribution < -0.4 is 0 Å². The van der Waals surface area contributed by atoms with E-state index in [0.29, 0.717) is 13.2 Å². The van der Waals surface area contributed by atoms with E-state index in [1.165, 1.54) is 11.1 Å². The molecule has 0 spiro atoms. The Bertz CT molecular complexity index is 729. The molecule has 3 nitrogen and oxygen atoms in total. The normalized spacial score (nSPS) is 31.6. The number of hydrogen-bond donors (Lipinski definition) is 0. The third kappa shape index (κ3) is 3.04. The zero-order valence-corrected chi connectivity index (χ0v) is 17.7. The van der Waals surface area contributed by atoms with Crippen LogP contribution in [0, 0.1) is 16.2 Å². The minimum Gasteiger partial charge on any atom is -0.465 e. The van der Waals surface area contributed by atoms with Crippen molar-refractivity contribution in [2.75, 3.05) is 6.61 Å². The molecule has 2 saturated carbocycles. The molecule has 0 unspecified atom stereocenters. The minimum atomic E-state index is -0.680. The summed E-state index contributed by atoms with van der Waals surface area (Å²) in [5, 5.41) is 0. The van der Waals surface area contributed by atoms with Gasteiger partial charge in [-0.2, -0.15) is 0 Å². The second kappa shape index (κ2) is 7.09. The van der Waals surface area contributed by atoms with E-state index in [9.17, 15) is 4.79 Å². The van der Waals surface area contributed by atoms with Crippen LogP contribution in [0.15, 0.2) is 41.5 Å². The maximum atomic E-state index is 13.5. The Morgan fingerprint density at radius 1 is 1.15 bits per heavy atom. The van der Waals surface area contributed by atoms with Crippen LogP contribution in [0.25, 0.3) is 0 Å². The molecule has 0 aliphatic heterocycles. The smallest absolute Gasteiger partial charge is 0.319 e. The minimum absolute atomic E-state index is 0.0927. The Labute approximate surface area is 164 Å². The largest absolute Gasteiger partial charge is 0.465 e. The summed E-state index contributed by atoms with van der Waals surface area (Å²) in [6, 6.07) is 10.2. The standard InChI is InChI=1S/C24H34O3/c1-7-26-21(25)24-19(17(2)3)13-14-23(24,6)16-22(4,5)20(24)27-15-18-11-9-8-10-12-18/h8-12,20H,7,13-16H2,1-6H3/t20-,23-,24+/m0/s1. The summed E-state index contributed by atoms with van der Waals surface area (Å²) in [4.78, 5) is 13.5. The Kier molecular flexibility index (Phi) is 5.28. The highest BCUT2D eigenvalue weighted by Crippen LogP contribution is 2.71. The van der Waals surface area contributed by atoms with Crippen LogP contribution in [0.2, 0.25) is 0 Å². The lowest BCUT2D eigenvalue weighted by atomic mass is 9.65. The number of fused-ring (bicyclic) bond motifs is 1. The van der Waals surface area contributed by atoms with Gasteiger partial charge in [0.15, 0.2) is 0 Å². The molecule has 2 aliphatic rings. The van der Waals surface area contributed by atoms with E-state index in [-0.39, 0.29) is 22.9 Å². The highest BCUT2D eigenvalue weighted by Gasteiger charge is 2.73. The molecule has 27 heavy (non-hydrogen) atoms. The lowest BCUT2D eigenvalue weighted by Gasteiger charge is -2.42. The maximum absolute atomic E-state index is 13.5. The van der Waals surface area contributed by atoms with Gasteiger partial charge >= 0.3 is 5.97 Å². The van der Waals surface area contributed by atoms with Gasteiger partial charge in [-0.25, -0.2) is 0 Å². The van der Waals surface area contributed by atoms with E-state index in [4.69, 9.17) is 9.47 Å². The molecule has 1 aromatic rings. The molecule has 148 valence electrons. The van der Waals surface area contributed by atoms with E-state index < -0.39 is 5.41 Å². The van der Waals surface area contributed by atoms with Crippen LogP contribution >= 0.6 is 0 Å². The van der Waals surface area contributed by atoms with Crippen LogP contribution in [0.1, 0.15) is 66.4 Å². The van der Waals surface area contributed by atoms with E-state index in [2.05, 4.69) is 46.8 Å². The van der Waals surface area contributed by atoms with Gasteiger partial charge in [0.25, 0.3) is 0 Å². The number of ether oxygens (including phenoxy) is 2.